The van der Waals surface area contributed by atoms with E-state index in [1.165, 1.54) is 6.42 Å². The average Bonchev–Trinajstić information content (AvgIpc) is 2.35. The minimum absolute atomic E-state index is 0.00558. The zero-order chi connectivity index (χ0) is 12.0. The minimum Gasteiger partial charge on any atom is -0.344 e. The number of piperidine rings is 1. The van der Waals surface area contributed by atoms with Gasteiger partial charge in [-0.2, -0.15) is 0 Å². The summed E-state index contributed by atoms with van der Waals surface area (Å²) in [7, 11) is 2.00. The molecule has 0 saturated carbocycles. The van der Waals surface area contributed by atoms with Crippen molar-refractivity contribution in [3.8, 4) is 12.3 Å². The molecule has 4 heteroatoms. The van der Waals surface area contributed by atoms with Crippen molar-refractivity contribution in [1.29, 1.82) is 0 Å². The van der Waals surface area contributed by atoms with Gasteiger partial charge in [-0.1, -0.05) is 5.92 Å². The second-order valence-electron chi connectivity index (χ2n) is 4.26. The van der Waals surface area contributed by atoms with Crippen molar-refractivity contribution >= 4 is 5.91 Å². The number of amides is 1. The molecule has 0 radical (unpaired) electrons. The van der Waals surface area contributed by atoms with Crippen LogP contribution in [0, 0.1) is 12.3 Å². The Hall–Kier alpha value is -1.05. The molecule has 0 aromatic heterocycles. The molecule has 0 aromatic rings. The third-order valence-corrected chi connectivity index (χ3v) is 3.20. The molecular formula is C12H21N3O. The molecule has 1 aliphatic heterocycles. The first kappa shape index (κ1) is 13.0. The molecule has 1 heterocycles. The Morgan fingerprint density at radius 3 is 3.06 bits per heavy atom. The number of nitrogens with zero attached hydrogens (tertiary/aromatic N) is 1. The van der Waals surface area contributed by atoms with E-state index in [4.69, 9.17) is 6.42 Å². The normalized spacial score (nSPS) is 22.5. The highest BCUT2D eigenvalue weighted by Crippen LogP contribution is 2.11. The number of carbonyl (C=O) groups is 1. The van der Waals surface area contributed by atoms with Crippen molar-refractivity contribution < 1.29 is 4.79 Å². The second kappa shape index (κ2) is 6.51. The maximum absolute atomic E-state index is 11.7. The standard InChI is InChI=1S/C12H21N3O/c1-4-7-14-12(16)10(2)15(3)11-6-5-8-13-9-11/h1,10-11,13H,5-9H2,2-3H3,(H,14,16). The van der Waals surface area contributed by atoms with Gasteiger partial charge in [-0.25, -0.2) is 0 Å². The van der Waals surface area contributed by atoms with E-state index < -0.39 is 0 Å². The molecule has 2 N–H and O–H groups in total. The van der Waals surface area contributed by atoms with Gasteiger partial charge in [0.25, 0.3) is 0 Å². The van der Waals surface area contributed by atoms with Gasteiger partial charge in [-0.05, 0) is 33.4 Å². The van der Waals surface area contributed by atoms with E-state index in [0.29, 0.717) is 12.6 Å². The fourth-order valence-electron chi connectivity index (χ4n) is 1.97. The number of rotatable bonds is 4. The Kier molecular flexibility index (Phi) is 5.30. The maximum atomic E-state index is 11.7. The van der Waals surface area contributed by atoms with E-state index in [1.807, 2.05) is 14.0 Å². The summed E-state index contributed by atoms with van der Waals surface area (Å²) in [6.07, 6.45) is 7.43. The smallest absolute Gasteiger partial charge is 0.237 e. The lowest BCUT2D eigenvalue weighted by atomic mass is 10.0. The molecule has 0 spiro atoms. The Bertz CT molecular complexity index is 266. The monoisotopic (exact) mass is 223 g/mol. The Morgan fingerprint density at radius 1 is 1.75 bits per heavy atom. The van der Waals surface area contributed by atoms with Crippen LogP contribution in [0.5, 0.6) is 0 Å². The van der Waals surface area contributed by atoms with Crippen molar-refractivity contribution in [3.05, 3.63) is 0 Å². The summed E-state index contributed by atoms with van der Waals surface area (Å²) in [5, 5.41) is 6.06. The van der Waals surface area contributed by atoms with Crippen LogP contribution in [0.15, 0.2) is 0 Å². The van der Waals surface area contributed by atoms with Gasteiger partial charge in [0.1, 0.15) is 0 Å². The molecule has 1 amide bonds. The molecule has 1 fully saturated rings. The first-order valence-electron chi connectivity index (χ1n) is 5.80. The zero-order valence-corrected chi connectivity index (χ0v) is 10.1. The Labute approximate surface area is 97.8 Å². The Morgan fingerprint density at radius 2 is 2.50 bits per heavy atom. The summed E-state index contributed by atoms with van der Waals surface area (Å²) in [6.45, 7) is 4.27. The van der Waals surface area contributed by atoms with Gasteiger partial charge in [0.2, 0.25) is 5.91 Å². The molecule has 1 aliphatic rings. The van der Waals surface area contributed by atoms with Gasteiger partial charge in [0.05, 0.1) is 12.6 Å². The highest BCUT2D eigenvalue weighted by molar-refractivity contribution is 5.81. The molecule has 16 heavy (non-hydrogen) atoms. The summed E-state index contributed by atoms with van der Waals surface area (Å²) < 4.78 is 0. The Balaban J connectivity index is 2.42. The number of hydrogen-bond donors (Lipinski definition) is 2. The first-order valence-corrected chi connectivity index (χ1v) is 5.80. The average molecular weight is 223 g/mol. The summed E-state index contributed by atoms with van der Waals surface area (Å²) in [5.41, 5.74) is 0. The van der Waals surface area contributed by atoms with E-state index in [2.05, 4.69) is 21.5 Å². The lowest BCUT2D eigenvalue weighted by Crippen LogP contribution is -2.52. The number of likely N-dealkylation sites (N-methyl/N-ethyl adjacent to an activating group) is 1. The van der Waals surface area contributed by atoms with Crippen LogP contribution in [0.4, 0.5) is 0 Å². The predicted octanol–water partition coefficient (Wildman–Crippen LogP) is -0.192. The largest absolute Gasteiger partial charge is 0.344 e. The van der Waals surface area contributed by atoms with E-state index in [-0.39, 0.29) is 11.9 Å². The molecule has 0 aliphatic carbocycles. The highest BCUT2D eigenvalue weighted by Gasteiger charge is 2.25. The lowest BCUT2D eigenvalue weighted by molar-refractivity contribution is -0.126. The molecule has 1 rings (SSSR count). The summed E-state index contributed by atoms with van der Waals surface area (Å²) in [4.78, 5) is 13.8. The number of nitrogens with one attached hydrogen (secondary N) is 2. The molecule has 0 bridgehead atoms. The van der Waals surface area contributed by atoms with Crippen molar-refractivity contribution in [2.45, 2.75) is 31.8 Å². The van der Waals surface area contributed by atoms with E-state index in [9.17, 15) is 4.79 Å². The molecule has 2 atom stereocenters. The van der Waals surface area contributed by atoms with Crippen molar-refractivity contribution in [1.82, 2.24) is 15.5 Å². The molecule has 0 aromatic carbocycles. The molecule has 4 nitrogen and oxygen atoms in total. The van der Waals surface area contributed by atoms with Crippen LogP contribution < -0.4 is 10.6 Å². The third-order valence-electron chi connectivity index (χ3n) is 3.20. The quantitative estimate of drug-likeness (QED) is 0.649. The van der Waals surface area contributed by atoms with Gasteiger partial charge < -0.3 is 10.6 Å². The fraction of sp³-hybridized carbons (Fsp3) is 0.750. The molecule has 2 unspecified atom stereocenters. The van der Waals surface area contributed by atoms with Crippen molar-refractivity contribution in [2.75, 3.05) is 26.7 Å². The van der Waals surface area contributed by atoms with E-state index >= 15 is 0 Å². The number of hydrogen-bond acceptors (Lipinski definition) is 3. The van der Waals surface area contributed by atoms with Crippen LogP contribution in [-0.2, 0) is 4.79 Å². The van der Waals surface area contributed by atoms with Crippen molar-refractivity contribution in [2.24, 2.45) is 0 Å². The topological polar surface area (TPSA) is 44.4 Å². The van der Waals surface area contributed by atoms with Gasteiger partial charge in [-0.15, -0.1) is 6.42 Å². The molecule has 90 valence electrons. The zero-order valence-electron chi connectivity index (χ0n) is 10.1. The predicted molar refractivity (Wildman–Crippen MR) is 65.0 cm³/mol. The first-order chi connectivity index (χ1) is 7.66. The van der Waals surface area contributed by atoms with Crippen LogP contribution >= 0.6 is 0 Å². The maximum Gasteiger partial charge on any atom is 0.237 e. The van der Waals surface area contributed by atoms with Crippen LogP contribution in [-0.4, -0.2) is 49.6 Å². The third kappa shape index (κ3) is 3.51. The lowest BCUT2D eigenvalue weighted by Gasteiger charge is -2.35. The summed E-state index contributed by atoms with van der Waals surface area (Å²) in [5.74, 6) is 2.41. The van der Waals surface area contributed by atoms with Crippen LogP contribution in [0.2, 0.25) is 0 Å². The summed E-state index contributed by atoms with van der Waals surface area (Å²) >= 11 is 0. The van der Waals surface area contributed by atoms with E-state index in [1.54, 1.807) is 0 Å². The second-order valence-corrected chi connectivity index (χ2v) is 4.26. The minimum atomic E-state index is -0.127. The summed E-state index contributed by atoms with van der Waals surface area (Å²) in [6, 6.07) is 0.318. The van der Waals surface area contributed by atoms with Crippen LogP contribution in [0.3, 0.4) is 0 Å². The van der Waals surface area contributed by atoms with Gasteiger partial charge >= 0.3 is 0 Å². The SMILES string of the molecule is C#CCNC(=O)C(C)N(C)C1CCCNC1. The van der Waals surface area contributed by atoms with Crippen LogP contribution in [0.25, 0.3) is 0 Å². The fourth-order valence-corrected chi connectivity index (χ4v) is 1.97. The van der Waals surface area contributed by atoms with Gasteiger partial charge in [0.15, 0.2) is 0 Å². The molecular weight excluding hydrogens is 202 g/mol. The number of carbonyl (C=O) groups excluding carboxylic acids is 1. The van der Waals surface area contributed by atoms with Gasteiger partial charge in [0, 0.05) is 12.6 Å². The van der Waals surface area contributed by atoms with Crippen molar-refractivity contribution in [3.63, 3.8) is 0 Å². The number of terminal acetylenes is 1. The van der Waals surface area contributed by atoms with Gasteiger partial charge in [-0.3, -0.25) is 9.69 Å². The van der Waals surface area contributed by atoms with Crippen LogP contribution in [0.1, 0.15) is 19.8 Å². The highest BCUT2D eigenvalue weighted by atomic mass is 16.2. The van der Waals surface area contributed by atoms with E-state index in [0.717, 1.165) is 19.5 Å². The molecule has 1 saturated heterocycles.